The Hall–Kier alpha value is -4.13. The average molecular weight is 747 g/mol. The molecule has 0 radical (unpaired) electrons. The number of nitrogens with zero attached hydrogens (tertiary/aromatic N) is 1. The van der Waals surface area contributed by atoms with Crippen molar-refractivity contribution in [2.75, 3.05) is 12.4 Å². The lowest BCUT2D eigenvalue weighted by Crippen LogP contribution is -2.64. The maximum Gasteiger partial charge on any atom is 0.412 e. The molecule has 3 aromatic rings. The third-order valence-corrected chi connectivity index (χ3v) is 15.2. The predicted octanol–water partition coefficient (Wildman–Crippen LogP) is 10.7. The van der Waals surface area contributed by atoms with Gasteiger partial charge in [0.05, 0.1) is 10.8 Å². The molecule has 4 aliphatic rings. The first-order valence-electron chi connectivity index (χ1n) is 20.6. The Labute approximate surface area is 328 Å². The number of nitrogens with one attached hydrogen (secondary N) is 1. The molecule has 2 fully saturated rings. The quantitative estimate of drug-likeness (QED) is 0.254. The molecule has 0 aromatic heterocycles. The molecule has 4 aliphatic carbocycles. The predicted molar refractivity (Wildman–Crippen MR) is 218 cm³/mol. The summed E-state index contributed by atoms with van der Waals surface area (Å²) in [7, 11) is 1.76. The molecule has 7 nitrogen and oxygen atoms in total. The molecule has 55 heavy (non-hydrogen) atoms. The Morgan fingerprint density at radius 1 is 0.782 bits per heavy atom. The molecule has 0 bridgehead atoms. The van der Waals surface area contributed by atoms with Crippen molar-refractivity contribution in [3.63, 3.8) is 0 Å². The molecular formula is C48H62N2O5. The van der Waals surface area contributed by atoms with E-state index in [2.05, 4.69) is 82.4 Å². The van der Waals surface area contributed by atoms with Crippen LogP contribution in [0.2, 0.25) is 0 Å². The second kappa shape index (κ2) is 13.8. The van der Waals surface area contributed by atoms with Crippen molar-refractivity contribution in [3.8, 4) is 5.75 Å². The molecule has 2 saturated carbocycles. The molecule has 0 aliphatic heterocycles. The van der Waals surface area contributed by atoms with Gasteiger partial charge in [0.2, 0.25) is 11.8 Å². The molecule has 6 atom stereocenters. The van der Waals surface area contributed by atoms with Crippen LogP contribution in [0.1, 0.15) is 135 Å². The molecule has 0 unspecified atom stereocenters. The topological polar surface area (TPSA) is 84.9 Å². The van der Waals surface area contributed by atoms with Crippen LogP contribution in [0.5, 0.6) is 5.75 Å². The summed E-state index contributed by atoms with van der Waals surface area (Å²) < 4.78 is 11.9. The van der Waals surface area contributed by atoms with Crippen molar-refractivity contribution >= 4 is 23.6 Å². The van der Waals surface area contributed by atoms with Crippen molar-refractivity contribution in [3.05, 3.63) is 94.5 Å². The highest BCUT2D eigenvalue weighted by atomic mass is 16.6. The third-order valence-electron chi connectivity index (χ3n) is 15.2. The van der Waals surface area contributed by atoms with E-state index in [0.717, 1.165) is 75.5 Å². The second-order valence-electron chi connectivity index (χ2n) is 19.4. The Morgan fingerprint density at radius 2 is 1.47 bits per heavy atom. The number of benzene rings is 3. The molecule has 3 amide bonds. The van der Waals surface area contributed by atoms with Gasteiger partial charge < -0.3 is 9.47 Å². The number of fused-ring (bicyclic) bond motifs is 6. The van der Waals surface area contributed by atoms with E-state index in [1.165, 1.54) is 22.3 Å². The van der Waals surface area contributed by atoms with Crippen LogP contribution in [0.15, 0.2) is 66.7 Å². The minimum Gasteiger partial charge on any atom is -0.489 e. The van der Waals surface area contributed by atoms with Crippen molar-refractivity contribution < 1.29 is 23.9 Å². The summed E-state index contributed by atoms with van der Waals surface area (Å²) >= 11 is 0. The van der Waals surface area contributed by atoms with E-state index in [-0.39, 0.29) is 28.6 Å². The van der Waals surface area contributed by atoms with Crippen LogP contribution in [0.3, 0.4) is 0 Å². The van der Waals surface area contributed by atoms with Crippen LogP contribution >= 0.6 is 0 Å². The molecule has 7 heteroatoms. The number of imide groups is 1. The lowest BCUT2D eigenvalue weighted by molar-refractivity contribution is -0.171. The van der Waals surface area contributed by atoms with Gasteiger partial charge >= 0.3 is 6.09 Å². The summed E-state index contributed by atoms with van der Waals surface area (Å²) in [6.07, 6.45) is 8.28. The molecule has 294 valence electrons. The normalized spacial score (nSPS) is 31.1. The highest BCUT2D eigenvalue weighted by Crippen LogP contribution is 2.66. The zero-order valence-electron chi connectivity index (χ0n) is 34.7. The Morgan fingerprint density at radius 3 is 2.20 bits per heavy atom. The van der Waals surface area contributed by atoms with E-state index >= 15 is 9.59 Å². The molecule has 0 saturated heterocycles. The van der Waals surface area contributed by atoms with Gasteiger partial charge in [-0.15, -0.1) is 0 Å². The van der Waals surface area contributed by atoms with Gasteiger partial charge in [-0.3, -0.25) is 19.8 Å². The Balaban J connectivity index is 1.14. The minimum absolute atomic E-state index is 0.0366. The minimum atomic E-state index is -0.755. The smallest absolute Gasteiger partial charge is 0.412 e. The molecule has 7 rings (SSSR count). The lowest BCUT2D eigenvalue weighted by atomic mass is 9.41. The summed E-state index contributed by atoms with van der Waals surface area (Å²) in [5.41, 5.74) is 3.93. The van der Waals surface area contributed by atoms with Gasteiger partial charge in [-0.2, -0.15) is 0 Å². The van der Waals surface area contributed by atoms with Gasteiger partial charge in [0, 0.05) is 12.7 Å². The first kappa shape index (κ1) is 39.1. The monoisotopic (exact) mass is 746 g/mol. The second-order valence-corrected chi connectivity index (χ2v) is 19.4. The summed E-state index contributed by atoms with van der Waals surface area (Å²) in [4.78, 5) is 44.6. The van der Waals surface area contributed by atoms with E-state index < -0.39 is 27.9 Å². The number of hydrogen-bond donors (Lipinski definition) is 1. The fourth-order valence-electron chi connectivity index (χ4n) is 11.8. The van der Waals surface area contributed by atoms with Crippen molar-refractivity contribution in [2.24, 2.45) is 22.2 Å². The summed E-state index contributed by atoms with van der Waals surface area (Å²) in [6.45, 7) is 17.3. The van der Waals surface area contributed by atoms with Crippen LogP contribution < -0.4 is 10.1 Å². The maximum absolute atomic E-state index is 15.2. The van der Waals surface area contributed by atoms with Gasteiger partial charge in [-0.05, 0) is 146 Å². The number of carbonyl (C=O) groups is 3. The fourth-order valence-corrected chi connectivity index (χ4v) is 11.8. The first-order valence-corrected chi connectivity index (χ1v) is 20.6. The van der Waals surface area contributed by atoms with Crippen LogP contribution in [0.25, 0.3) is 0 Å². The summed E-state index contributed by atoms with van der Waals surface area (Å²) in [5, 5.41) is 2.95. The summed E-state index contributed by atoms with van der Waals surface area (Å²) in [6, 6.07) is 23.0. The molecule has 0 spiro atoms. The van der Waals surface area contributed by atoms with Gasteiger partial charge in [0.25, 0.3) is 0 Å². The van der Waals surface area contributed by atoms with Gasteiger partial charge in [-0.25, -0.2) is 4.79 Å². The van der Waals surface area contributed by atoms with Crippen LogP contribution in [-0.4, -0.2) is 35.5 Å². The number of hydrogen-bond acceptors (Lipinski definition) is 5. The number of carbonyl (C=O) groups excluding carboxylic acids is 3. The first-order chi connectivity index (χ1) is 25.8. The van der Waals surface area contributed by atoms with Crippen LogP contribution in [0.4, 0.5) is 10.5 Å². The molecule has 1 N–H and O–H groups in total. The lowest BCUT2D eigenvalue weighted by Gasteiger charge is -2.63. The molecule has 3 aromatic carbocycles. The zero-order valence-corrected chi connectivity index (χ0v) is 34.7. The van der Waals surface area contributed by atoms with Gasteiger partial charge in [0.1, 0.15) is 18.0 Å². The molecular weight excluding hydrogens is 685 g/mol. The van der Waals surface area contributed by atoms with Crippen molar-refractivity contribution in [1.82, 2.24) is 4.90 Å². The highest BCUT2D eigenvalue weighted by molar-refractivity contribution is 6.01. The van der Waals surface area contributed by atoms with Crippen molar-refractivity contribution in [1.29, 1.82) is 0 Å². The van der Waals surface area contributed by atoms with E-state index in [1.54, 1.807) is 11.9 Å². The maximum atomic E-state index is 15.2. The standard InChI is InChI=1S/C48H62N2O5/c1-43(2,3)55-42(53)49-35-20-17-34-23-28-48(8)46(6,38(34)29-35)26-14-27-47(48,7)41(52)50(9)40(51)45(5)25-13-24-44(4)37-30-36(21-18-33(37)19-22-39(44)45)54-31-32-15-11-10-12-16-32/h10-12,15-18,20-21,29-30,39H,13-14,19,22-28,31H2,1-9H3,(H,49,53)/t39-,44-,45+,46-,47-,48-/m1/s1. The zero-order chi connectivity index (χ0) is 39.6. The van der Waals surface area contributed by atoms with Crippen LogP contribution in [-0.2, 0) is 44.6 Å². The van der Waals surface area contributed by atoms with Gasteiger partial charge in [0.15, 0.2) is 0 Å². The third kappa shape index (κ3) is 6.47. The van der Waals surface area contributed by atoms with E-state index in [4.69, 9.17) is 9.47 Å². The Bertz CT molecular complexity index is 1990. The number of aryl methyl sites for hydroxylation is 2. The largest absolute Gasteiger partial charge is 0.489 e. The van der Waals surface area contributed by atoms with E-state index in [1.807, 2.05) is 45.0 Å². The SMILES string of the molecule is CN(C(=O)[C@@]1(C)CCC[C@]2(C)c3cc(OCc4ccccc4)ccc3CC[C@@H]12)C(=O)[C@@]1(C)CCC[C@]2(C)c3cc(NC(=O)OC(C)(C)C)ccc3CC[C@@]12C. The number of anilines is 1. The summed E-state index contributed by atoms with van der Waals surface area (Å²) in [5.74, 6) is 0.869. The van der Waals surface area contributed by atoms with Gasteiger partial charge in [-0.1, -0.05) is 89.9 Å². The number of rotatable bonds is 6. The van der Waals surface area contributed by atoms with E-state index in [0.29, 0.717) is 12.3 Å². The number of ether oxygens (including phenoxy) is 2. The van der Waals surface area contributed by atoms with E-state index in [9.17, 15) is 4.79 Å². The average Bonchev–Trinajstić information content (AvgIpc) is 3.14. The fraction of sp³-hybridized carbons (Fsp3) is 0.562. The highest BCUT2D eigenvalue weighted by Gasteiger charge is 2.65. The Kier molecular flexibility index (Phi) is 9.82. The van der Waals surface area contributed by atoms with Crippen LogP contribution in [0, 0.1) is 22.2 Å². The number of amides is 3. The van der Waals surface area contributed by atoms with Crippen molar-refractivity contribution in [2.45, 2.75) is 143 Å². The molecule has 0 heterocycles.